The maximum Gasteiger partial charge on any atom is 0.158 e. The van der Waals surface area contributed by atoms with Crippen molar-refractivity contribution in [3.63, 3.8) is 0 Å². The number of carbonyl (C=O) groups is 1. The van der Waals surface area contributed by atoms with Crippen LogP contribution < -0.4 is 0 Å². The van der Waals surface area contributed by atoms with Crippen LogP contribution in [-0.4, -0.2) is 18.5 Å². The third-order valence-electron chi connectivity index (χ3n) is 2.42. The summed E-state index contributed by atoms with van der Waals surface area (Å²) in [6, 6.07) is 0. The Labute approximate surface area is 80.7 Å². The Morgan fingerprint density at radius 2 is 2.00 bits per heavy atom. The average molecular weight is 184 g/mol. The molecule has 0 aromatic carbocycles. The Balaban J connectivity index is 2.07. The summed E-state index contributed by atoms with van der Waals surface area (Å²) in [4.78, 5) is 11.3. The molecule has 1 fully saturated rings. The van der Waals surface area contributed by atoms with Crippen LogP contribution in [0.3, 0.4) is 0 Å². The minimum atomic E-state index is 0.252. The molecule has 0 aromatic rings. The molecule has 0 aromatic heterocycles. The lowest BCUT2D eigenvalue weighted by Gasteiger charge is -2.10. The first kappa shape index (κ1) is 10.7. The second-order valence-corrected chi connectivity index (χ2v) is 4.35. The van der Waals surface area contributed by atoms with E-state index in [1.807, 2.05) is 0 Å². The summed E-state index contributed by atoms with van der Waals surface area (Å²) in [5.74, 6) is 0.710. The van der Waals surface area contributed by atoms with Crippen molar-refractivity contribution in [2.24, 2.45) is 5.92 Å². The number of ether oxygens (including phenoxy) is 1. The van der Waals surface area contributed by atoms with Gasteiger partial charge < -0.3 is 4.74 Å². The molecular formula is C11H20O2. The van der Waals surface area contributed by atoms with E-state index >= 15 is 0 Å². The highest BCUT2D eigenvalue weighted by Crippen LogP contribution is 2.20. The van der Waals surface area contributed by atoms with Crippen molar-refractivity contribution < 1.29 is 9.53 Å². The van der Waals surface area contributed by atoms with E-state index in [0.29, 0.717) is 25.0 Å². The van der Waals surface area contributed by atoms with Gasteiger partial charge in [-0.2, -0.15) is 0 Å². The minimum absolute atomic E-state index is 0.252. The summed E-state index contributed by atoms with van der Waals surface area (Å²) in [5.41, 5.74) is 0. The van der Waals surface area contributed by atoms with Crippen LogP contribution in [0, 0.1) is 5.92 Å². The summed E-state index contributed by atoms with van der Waals surface area (Å²) < 4.78 is 5.52. The molecule has 0 radical (unpaired) electrons. The molecule has 0 amide bonds. The van der Waals surface area contributed by atoms with Gasteiger partial charge in [-0.1, -0.05) is 26.7 Å². The van der Waals surface area contributed by atoms with Crippen molar-refractivity contribution in [2.45, 2.75) is 52.1 Å². The van der Waals surface area contributed by atoms with E-state index in [1.54, 1.807) is 0 Å². The average Bonchev–Trinajstić information content (AvgIpc) is 2.51. The lowest BCUT2D eigenvalue weighted by molar-refractivity contribution is -0.126. The number of carbonyl (C=O) groups excluding carboxylic acids is 1. The predicted octanol–water partition coefficient (Wildman–Crippen LogP) is 2.56. The number of hydrogen-bond donors (Lipinski definition) is 0. The second-order valence-electron chi connectivity index (χ2n) is 4.35. The smallest absolute Gasteiger partial charge is 0.158 e. The fourth-order valence-electron chi connectivity index (χ4n) is 1.78. The largest absolute Gasteiger partial charge is 0.370 e. The second kappa shape index (κ2) is 5.38. The fourth-order valence-corrected chi connectivity index (χ4v) is 1.78. The zero-order chi connectivity index (χ0) is 9.68. The molecule has 0 bridgehead atoms. The summed E-state index contributed by atoms with van der Waals surface area (Å²) in [6.45, 7) is 4.46. The first-order chi connectivity index (χ1) is 6.18. The van der Waals surface area contributed by atoms with Gasteiger partial charge in [-0.25, -0.2) is 0 Å². The standard InChI is InChI=1S/C11H20O2/c1-9(2)7-10(12)8-13-11-5-3-4-6-11/h9,11H,3-8H2,1-2H3. The Morgan fingerprint density at radius 1 is 1.38 bits per heavy atom. The van der Waals surface area contributed by atoms with Gasteiger partial charge in [0.25, 0.3) is 0 Å². The Bertz CT molecular complexity index is 157. The highest BCUT2D eigenvalue weighted by Gasteiger charge is 2.16. The van der Waals surface area contributed by atoms with E-state index in [9.17, 15) is 4.79 Å². The Kier molecular flexibility index (Phi) is 4.43. The van der Waals surface area contributed by atoms with E-state index in [0.717, 1.165) is 12.8 Å². The molecule has 0 aliphatic heterocycles. The summed E-state index contributed by atoms with van der Waals surface area (Å²) in [6.07, 6.45) is 5.86. The van der Waals surface area contributed by atoms with Gasteiger partial charge >= 0.3 is 0 Å². The third kappa shape index (κ3) is 4.41. The van der Waals surface area contributed by atoms with Gasteiger partial charge in [0.05, 0.1) is 6.10 Å². The van der Waals surface area contributed by atoms with E-state index in [-0.39, 0.29) is 5.78 Å². The van der Waals surface area contributed by atoms with Crippen LogP contribution in [0.2, 0.25) is 0 Å². The molecule has 0 N–H and O–H groups in total. The molecule has 2 nitrogen and oxygen atoms in total. The van der Waals surface area contributed by atoms with E-state index < -0.39 is 0 Å². The quantitative estimate of drug-likeness (QED) is 0.656. The monoisotopic (exact) mass is 184 g/mol. The molecule has 0 unspecified atom stereocenters. The van der Waals surface area contributed by atoms with E-state index in [2.05, 4.69) is 13.8 Å². The van der Waals surface area contributed by atoms with Crippen LogP contribution >= 0.6 is 0 Å². The summed E-state index contributed by atoms with van der Waals surface area (Å²) >= 11 is 0. The number of rotatable bonds is 5. The third-order valence-corrected chi connectivity index (χ3v) is 2.42. The molecular weight excluding hydrogens is 164 g/mol. The van der Waals surface area contributed by atoms with Crippen molar-refractivity contribution in [3.8, 4) is 0 Å². The molecule has 0 atom stereocenters. The van der Waals surface area contributed by atoms with E-state index in [1.165, 1.54) is 12.8 Å². The maximum absolute atomic E-state index is 11.3. The molecule has 1 rings (SSSR count). The van der Waals surface area contributed by atoms with Crippen LogP contribution in [0.25, 0.3) is 0 Å². The lowest BCUT2D eigenvalue weighted by Crippen LogP contribution is -2.16. The van der Waals surface area contributed by atoms with Gasteiger partial charge in [-0.3, -0.25) is 4.79 Å². The van der Waals surface area contributed by atoms with Crippen LogP contribution in [-0.2, 0) is 9.53 Å². The molecule has 2 heteroatoms. The summed E-state index contributed by atoms with van der Waals surface area (Å²) in [5, 5.41) is 0. The van der Waals surface area contributed by atoms with Gasteiger partial charge in [0.15, 0.2) is 5.78 Å². The molecule has 1 aliphatic rings. The van der Waals surface area contributed by atoms with Gasteiger partial charge in [-0.05, 0) is 18.8 Å². The van der Waals surface area contributed by atoms with E-state index in [4.69, 9.17) is 4.74 Å². The number of hydrogen-bond acceptors (Lipinski definition) is 2. The highest BCUT2D eigenvalue weighted by atomic mass is 16.5. The van der Waals surface area contributed by atoms with Crippen molar-refractivity contribution in [2.75, 3.05) is 6.61 Å². The normalized spacial score (nSPS) is 18.4. The minimum Gasteiger partial charge on any atom is -0.370 e. The van der Waals surface area contributed by atoms with Crippen molar-refractivity contribution in [1.82, 2.24) is 0 Å². The highest BCUT2D eigenvalue weighted by molar-refractivity contribution is 5.79. The van der Waals surface area contributed by atoms with Crippen molar-refractivity contribution in [3.05, 3.63) is 0 Å². The Morgan fingerprint density at radius 3 is 2.54 bits per heavy atom. The van der Waals surface area contributed by atoms with Crippen LogP contribution in [0.1, 0.15) is 46.0 Å². The molecule has 0 heterocycles. The molecule has 0 saturated heterocycles. The molecule has 76 valence electrons. The molecule has 0 spiro atoms. The van der Waals surface area contributed by atoms with Gasteiger partial charge in [0.1, 0.15) is 6.61 Å². The zero-order valence-corrected chi connectivity index (χ0v) is 8.71. The fraction of sp³-hybridized carbons (Fsp3) is 0.909. The zero-order valence-electron chi connectivity index (χ0n) is 8.71. The lowest BCUT2D eigenvalue weighted by atomic mass is 10.1. The summed E-state index contributed by atoms with van der Waals surface area (Å²) in [7, 11) is 0. The Hall–Kier alpha value is -0.370. The van der Waals surface area contributed by atoms with Crippen LogP contribution in [0.5, 0.6) is 0 Å². The molecule has 13 heavy (non-hydrogen) atoms. The molecule has 1 saturated carbocycles. The van der Waals surface area contributed by atoms with Gasteiger partial charge in [0, 0.05) is 6.42 Å². The molecule has 1 aliphatic carbocycles. The predicted molar refractivity (Wildman–Crippen MR) is 52.7 cm³/mol. The first-order valence-corrected chi connectivity index (χ1v) is 5.32. The number of ketones is 1. The van der Waals surface area contributed by atoms with Crippen molar-refractivity contribution >= 4 is 5.78 Å². The van der Waals surface area contributed by atoms with Crippen LogP contribution in [0.15, 0.2) is 0 Å². The maximum atomic E-state index is 11.3. The van der Waals surface area contributed by atoms with Gasteiger partial charge in [-0.15, -0.1) is 0 Å². The van der Waals surface area contributed by atoms with Crippen LogP contribution in [0.4, 0.5) is 0 Å². The van der Waals surface area contributed by atoms with Crippen molar-refractivity contribution in [1.29, 1.82) is 0 Å². The first-order valence-electron chi connectivity index (χ1n) is 5.32. The topological polar surface area (TPSA) is 26.3 Å². The SMILES string of the molecule is CC(C)CC(=O)COC1CCCC1. The number of Topliss-reactive ketones (excluding diaryl/α,β-unsaturated/α-hetero) is 1. The van der Waals surface area contributed by atoms with Gasteiger partial charge in [0.2, 0.25) is 0 Å².